The van der Waals surface area contributed by atoms with Gasteiger partial charge in [-0.05, 0) is 36.4 Å². The highest BCUT2D eigenvalue weighted by Gasteiger charge is 2.17. The normalized spacial score (nSPS) is 12.0. The highest BCUT2D eigenvalue weighted by Crippen LogP contribution is 2.32. The predicted molar refractivity (Wildman–Crippen MR) is 92.5 cm³/mol. The summed E-state index contributed by atoms with van der Waals surface area (Å²) in [7, 11) is 1.28. The fourth-order valence-electron chi connectivity index (χ4n) is 2.30. The lowest BCUT2D eigenvalue weighted by molar-refractivity contribution is -0.133. The van der Waals surface area contributed by atoms with Crippen LogP contribution in [0.25, 0.3) is 0 Å². The van der Waals surface area contributed by atoms with E-state index in [1.165, 1.54) is 31.4 Å². The van der Waals surface area contributed by atoms with Gasteiger partial charge in [0, 0.05) is 17.4 Å². The molecule has 2 N–H and O–H groups in total. The van der Waals surface area contributed by atoms with Crippen LogP contribution in [-0.4, -0.2) is 38.1 Å². The molecule has 3 rings (SSSR count). The molecule has 1 aliphatic rings. The molecular formula is C18H16N2O6. The van der Waals surface area contributed by atoms with Gasteiger partial charge in [0.25, 0.3) is 0 Å². The van der Waals surface area contributed by atoms with E-state index in [2.05, 4.69) is 15.4 Å². The molecular weight excluding hydrogens is 340 g/mol. The molecule has 0 aromatic heterocycles. The fourth-order valence-corrected chi connectivity index (χ4v) is 2.30. The van der Waals surface area contributed by atoms with Crippen molar-refractivity contribution in [2.45, 2.75) is 0 Å². The molecule has 2 aromatic carbocycles. The zero-order valence-corrected chi connectivity index (χ0v) is 13.9. The molecule has 0 radical (unpaired) electrons. The van der Waals surface area contributed by atoms with Crippen LogP contribution in [0.2, 0.25) is 0 Å². The number of carbonyl (C=O) groups excluding carboxylic acids is 3. The van der Waals surface area contributed by atoms with E-state index in [4.69, 9.17) is 9.47 Å². The first kappa shape index (κ1) is 17.3. The molecule has 2 aromatic rings. The average Bonchev–Trinajstić information content (AvgIpc) is 2.67. The molecule has 8 heteroatoms. The minimum Gasteiger partial charge on any atom is -0.486 e. The van der Waals surface area contributed by atoms with Crippen molar-refractivity contribution in [2.24, 2.45) is 0 Å². The molecule has 0 fully saturated rings. The van der Waals surface area contributed by atoms with Gasteiger partial charge in [0.1, 0.15) is 13.2 Å². The van der Waals surface area contributed by atoms with E-state index >= 15 is 0 Å². The molecule has 2 amide bonds. The smallest absolute Gasteiger partial charge is 0.337 e. The van der Waals surface area contributed by atoms with E-state index in [1.54, 1.807) is 18.2 Å². The van der Waals surface area contributed by atoms with Crippen molar-refractivity contribution < 1.29 is 28.6 Å². The third-order valence-electron chi connectivity index (χ3n) is 3.57. The third kappa shape index (κ3) is 3.92. The van der Waals surface area contributed by atoms with Gasteiger partial charge in [0.2, 0.25) is 0 Å². The van der Waals surface area contributed by atoms with Crippen molar-refractivity contribution in [1.82, 2.24) is 0 Å². The number of carbonyl (C=O) groups is 3. The van der Waals surface area contributed by atoms with Gasteiger partial charge in [-0.3, -0.25) is 9.59 Å². The Bertz CT molecular complexity index is 847. The average molecular weight is 356 g/mol. The zero-order valence-electron chi connectivity index (χ0n) is 13.9. The molecule has 8 nitrogen and oxygen atoms in total. The number of fused-ring (bicyclic) bond motifs is 1. The summed E-state index contributed by atoms with van der Waals surface area (Å²) >= 11 is 0. The first-order valence-corrected chi connectivity index (χ1v) is 7.77. The zero-order chi connectivity index (χ0) is 18.5. The Hall–Kier alpha value is -3.55. The number of hydrogen-bond acceptors (Lipinski definition) is 6. The minimum atomic E-state index is -0.842. The lowest BCUT2D eigenvalue weighted by Crippen LogP contribution is -2.29. The van der Waals surface area contributed by atoms with E-state index < -0.39 is 17.8 Å². The van der Waals surface area contributed by atoms with Crippen LogP contribution in [-0.2, 0) is 14.3 Å². The molecule has 0 saturated heterocycles. The monoisotopic (exact) mass is 356 g/mol. The Balaban J connectivity index is 1.61. The first-order chi connectivity index (χ1) is 12.6. The molecule has 1 heterocycles. The number of rotatable bonds is 3. The largest absolute Gasteiger partial charge is 0.486 e. The highest BCUT2D eigenvalue weighted by atomic mass is 16.6. The molecule has 134 valence electrons. The lowest BCUT2D eigenvalue weighted by atomic mass is 10.2. The number of ether oxygens (including phenoxy) is 3. The Morgan fingerprint density at radius 3 is 2.08 bits per heavy atom. The molecule has 0 aliphatic carbocycles. The van der Waals surface area contributed by atoms with Gasteiger partial charge in [0.15, 0.2) is 11.5 Å². The Morgan fingerprint density at radius 2 is 1.42 bits per heavy atom. The third-order valence-corrected chi connectivity index (χ3v) is 3.57. The van der Waals surface area contributed by atoms with Crippen LogP contribution < -0.4 is 20.1 Å². The van der Waals surface area contributed by atoms with Crippen LogP contribution in [0.5, 0.6) is 11.5 Å². The second kappa shape index (κ2) is 7.56. The fraction of sp³-hybridized carbons (Fsp3) is 0.167. The van der Waals surface area contributed by atoms with Crippen LogP contribution >= 0.6 is 0 Å². The number of benzene rings is 2. The van der Waals surface area contributed by atoms with Gasteiger partial charge < -0.3 is 24.8 Å². The van der Waals surface area contributed by atoms with Crippen molar-refractivity contribution in [2.75, 3.05) is 31.0 Å². The van der Waals surface area contributed by atoms with Crippen molar-refractivity contribution >= 4 is 29.2 Å². The van der Waals surface area contributed by atoms with E-state index in [0.717, 1.165) is 0 Å². The van der Waals surface area contributed by atoms with E-state index in [0.29, 0.717) is 41.7 Å². The van der Waals surface area contributed by atoms with Gasteiger partial charge >= 0.3 is 17.8 Å². The Kier molecular flexibility index (Phi) is 5.02. The Morgan fingerprint density at radius 1 is 0.846 bits per heavy atom. The quantitative estimate of drug-likeness (QED) is 0.642. The van der Waals surface area contributed by atoms with E-state index in [9.17, 15) is 14.4 Å². The molecule has 0 unspecified atom stereocenters. The Labute approximate surface area is 149 Å². The number of amides is 2. The van der Waals surface area contributed by atoms with Crippen LogP contribution in [0.15, 0.2) is 42.5 Å². The summed E-state index contributed by atoms with van der Waals surface area (Å²) in [5.74, 6) is -1.07. The maximum Gasteiger partial charge on any atom is 0.337 e. The molecule has 26 heavy (non-hydrogen) atoms. The van der Waals surface area contributed by atoms with Crippen molar-refractivity contribution in [3.8, 4) is 11.5 Å². The minimum absolute atomic E-state index is 0.339. The molecule has 0 saturated carbocycles. The van der Waals surface area contributed by atoms with Crippen molar-refractivity contribution in [3.63, 3.8) is 0 Å². The number of nitrogens with one attached hydrogen (secondary N) is 2. The van der Waals surface area contributed by atoms with Gasteiger partial charge in [-0.1, -0.05) is 0 Å². The predicted octanol–water partition coefficient (Wildman–Crippen LogP) is 1.82. The number of anilines is 2. The second-order valence-electron chi connectivity index (χ2n) is 5.34. The summed E-state index contributed by atoms with van der Waals surface area (Å²) < 4.78 is 15.4. The van der Waals surface area contributed by atoms with Crippen molar-refractivity contribution in [3.05, 3.63) is 48.0 Å². The van der Waals surface area contributed by atoms with Crippen LogP contribution in [0.1, 0.15) is 10.4 Å². The van der Waals surface area contributed by atoms with Crippen LogP contribution in [0.4, 0.5) is 11.4 Å². The maximum atomic E-state index is 12.0. The summed E-state index contributed by atoms with van der Waals surface area (Å²) in [6.07, 6.45) is 0. The highest BCUT2D eigenvalue weighted by molar-refractivity contribution is 6.43. The van der Waals surface area contributed by atoms with E-state index in [1.807, 2.05) is 0 Å². The summed E-state index contributed by atoms with van der Waals surface area (Å²) in [5, 5.41) is 4.94. The van der Waals surface area contributed by atoms with E-state index in [-0.39, 0.29) is 0 Å². The standard InChI is InChI=1S/C18H16N2O6/c1-24-18(23)11-2-4-12(5-3-11)19-16(21)17(22)20-13-6-7-14-15(10-13)26-9-8-25-14/h2-7,10H,8-9H2,1H3,(H,19,21)(H,20,22). The summed E-state index contributed by atoms with van der Waals surface area (Å²) in [4.78, 5) is 35.4. The van der Waals surface area contributed by atoms with Crippen LogP contribution in [0.3, 0.4) is 0 Å². The lowest BCUT2D eigenvalue weighted by Gasteiger charge is -2.18. The SMILES string of the molecule is COC(=O)c1ccc(NC(=O)C(=O)Nc2ccc3c(c2)OCCO3)cc1. The number of hydrogen-bond donors (Lipinski definition) is 2. The second-order valence-corrected chi connectivity index (χ2v) is 5.34. The first-order valence-electron chi connectivity index (χ1n) is 7.77. The summed E-state index contributed by atoms with van der Waals surface area (Å²) in [5.41, 5.74) is 1.13. The van der Waals surface area contributed by atoms with Gasteiger partial charge in [0.05, 0.1) is 12.7 Å². The molecule has 1 aliphatic heterocycles. The van der Waals surface area contributed by atoms with Gasteiger partial charge in [-0.15, -0.1) is 0 Å². The maximum absolute atomic E-state index is 12.0. The molecule has 0 bridgehead atoms. The molecule has 0 atom stereocenters. The topological polar surface area (TPSA) is 103 Å². The van der Waals surface area contributed by atoms with Crippen molar-refractivity contribution in [1.29, 1.82) is 0 Å². The summed E-state index contributed by atoms with van der Waals surface area (Å²) in [6, 6.07) is 10.8. The number of methoxy groups -OCH3 is 1. The summed E-state index contributed by atoms with van der Waals surface area (Å²) in [6.45, 7) is 0.891. The van der Waals surface area contributed by atoms with Gasteiger partial charge in [-0.2, -0.15) is 0 Å². The van der Waals surface area contributed by atoms with Gasteiger partial charge in [-0.25, -0.2) is 4.79 Å². The molecule has 0 spiro atoms. The number of esters is 1. The van der Waals surface area contributed by atoms with Crippen LogP contribution in [0, 0.1) is 0 Å².